The molecule has 0 bridgehead atoms. The largest absolute Gasteiger partial charge is 0.478 e. The Morgan fingerprint density at radius 3 is 2.12 bits per heavy atom. The van der Waals surface area contributed by atoms with Gasteiger partial charge in [-0.3, -0.25) is 5.41 Å². The van der Waals surface area contributed by atoms with Gasteiger partial charge in [0.1, 0.15) is 5.84 Å². The lowest BCUT2D eigenvalue weighted by Crippen LogP contribution is -2.18. The van der Waals surface area contributed by atoms with E-state index in [1.54, 1.807) is 0 Å². The van der Waals surface area contributed by atoms with Gasteiger partial charge < -0.3 is 10.8 Å². The Labute approximate surface area is 46.1 Å². The zero-order chi connectivity index (χ0) is 6.73. The van der Waals surface area contributed by atoms with E-state index in [0.29, 0.717) is 0 Å². The molecular formula is C4H6N2O2. The number of amidine groups is 1. The number of carbonyl (C=O) groups is 1. The van der Waals surface area contributed by atoms with Gasteiger partial charge in [0.25, 0.3) is 0 Å². The van der Waals surface area contributed by atoms with E-state index in [2.05, 4.69) is 6.58 Å². The van der Waals surface area contributed by atoms with Crippen LogP contribution in [0.3, 0.4) is 0 Å². The zero-order valence-corrected chi connectivity index (χ0v) is 4.14. The van der Waals surface area contributed by atoms with E-state index in [-0.39, 0.29) is 5.57 Å². The van der Waals surface area contributed by atoms with E-state index < -0.39 is 11.8 Å². The van der Waals surface area contributed by atoms with E-state index in [0.717, 1.165) is 0 Å². The van der Waals surface area contributed by atoms with E-state index >= 15 is 0 Å². The number of aliphatic carboxylic acids is 1. The van der Waals surface area contributed by atoms with Crippen LogP contribution in [0.15, 0.2) is 12.2 Å². The normalized spacial score (nSPS) is 8.00. The van der Waals surface area contributed by atoms with Crippen LogP contribution in [0.2, 0.25) is 0 Å². The van der Waals surface area contributed by atoms with Gasteiger partial charge in [-0.25, -0.2) is 4.79 Å². The highest BCUT2D eigenvalue weighted by molar-refractivity contribution is 6.15. The summed E-state index contributed by atoms with van der Waals surface area (Å²) in [5.41, 5.74) is 4.37. The predicted molar refractivity (Wildman–Crippen MR) is 28.7 cm³/mol. The quantitative estimate of drug-likeness (QED) is 0.258. The Morgan fingerprint density at radius 2 is 2.12 bits per heavy atom. The van der Waals surface area contributed by atoms with Crippen molar-refractivity contribution in [3.05, 3.63) is 12.2 Å². The number of hydrogen-bond donors (Lipinski definition) is 3. The lowest BCUT2D eigenvalue weighted by molar-refractivity contribution is -0.132. The second-order valence-corrected chi connectivity index (χ2v) is 1.20. The first kappa shape index (κ1) is 6.68. The van der Waals surface area contributed by atoms with Gasteiger partial charge in [0, 0.05) is 0 Å². The van der Waals surface area contributed by atoms with Gasteiger partial charge in [0.2, 0.25) is 0 Å². The molecule has 0 fully saturated rings. The van der Waals surface area contributed by atoms with Crippen LogP contribution in [0.25, 0.3) is 0 Å². The molecule has 0 amide bonds. The van der Waals surface area contributed by atoms with Crippen molar-refractivity contribution in [3.63, 3.8) is 0 Å². The van der Waals surface area contributed by atoms with E-state index in [1.165, 1.54) is 0 Å². The maximum atomic E-state index is 9.82. The molecular weight excluding hydrogens is 108 g/mol. The smallest absolute Gasteiger partial charge is 0.338 e. The molecule has 0 spiro atoms. The Hall–Kier alpha value is -1.32. The van der Waals surface area contributed by atoms with Crippen LogP contribution in [0, 0.1) is 5.41 Å². The number of rotatable bonds is 2. The Balaban J connectivity index is 4.05. The third-order valence-corrected chi connectivity index (χ3v) is 0.583. The van der Waals surface area contributed by atoms with Crippen LogP contribution >= 0.6 is 0 Å². The fraction of sp³-hybridized carbons (Fsp3) is 0. The Kier molecular flexibility index (Phi) is 1.76. The molecule has 0 unspecified atom stereocenters. The molecule has 0 aromatic carbocycles. The molecule has 0 radical (unpaired) electrons. The van der Waals surface area contributed by atoms with Gasteiger partial charge in [-0.1, -0.05) is 6.58 Å². The average Bonchev–Trinajstić information content (AvgIpc) is 1.64. The Bertz CT molecular complexity index is 134. The van der Waals surface area contributed by atoms with Crippen molar-refractivity contribution in [2.75, 3.05) is 0 Å². The first-order valence-corrected chi connectivity index (χ1v) is 1.82. The number of nitrogens with one attached hydrogen (secondary N) is 1. The van der Waals surface area contributed by atoms with Crippen LogP contribution in [0.5, 0.6) is 0 Å². The summed E-state index contributed by atoms with van der Waals surface area (Å²) in [6, 6.07) is 0. The van der Waals surface area contributed by atoms with Crippen molar-refractivity contribution in [1.82, 2.24) is 0 Å². The summed E-state index contributed by atoms with van der Waals surface area (Å²) in [7, 11) is 0. The standard InChI is InChI=1S/C4H6N2O2/c1-2(3(5)6)4(7)8/h1H2,(H3,5,6)(H,7,8). The molecule has 0 saturated carbocycles. The van der Waals surface area contributed by atoms with Gasteiger partial charge in [0.05, 0.1) is 5.57 Å². The van der Waals surface area contributed by atoms with Crippen molar-refractivity contribution in [2.24, 2.45) is 5.73 Å². The monoisotopic (exact) mass is 114 g/mol. The molecule has 4 nitrogen and oxygen atoms in total. The second-order valence-electron chi connectivity index (χ2n) is 1.20. The summed E-state index contributed by atoms with van der Waals surface area (Å²) < 4.78 is 0. The molecule has 0 atom stereocenters. The minimum absolute atomic E-state index is 0.370. The lowest BCUT2D eigenvalue weighted by Gasteiger charge is -1.91. The van der Waals surface area contributed by atoms with E-state index in [1.807, 2.05) is 0 Å². The van der Waals surface area contributed by atoms with E-state index in [4.69, 9.17) is 16.2 Å². The van der Waals surface area contributed by atoms with Gasteiger partial charge in [-0.05, 0) is 0 Å². The second kappa shape index (κ2) is 2.11. The van der Waals surface area contributed by atoms with Crippen LogP contribution < -0.4 is 5.73 Å². The predicted octanol–water partition coefficient (Wildman–Crippen LogP) is -0.437. The molecule has 0 aromatic rings. The molecule has 0 aliphatic rings. The van der Waals surface area contributed by atoms with Gasteiger partial charge in [-0.15, -0.1) is 0 Å². The summed E-state index contributed by atoms with van der Waals surface area (Å²) in [5, 5.41) is 14.6. The highest BCUT2D eigenvalue weighted by Gasteiger charge is 2.04. The summed E-state index contributed by atoms with van der Waals surface area (Å²) in [6.07, 6.45) is 0. The topological polar surface area (TPSA) is 87.2 Å². The van der Waals surface area contributed by atoms with Crippen molar-refractivity contribution in [1.29, 1.82) is 5.41 Å². The summed E-state index contributed by atoms with van der Waals surface area (Å²) >= 11 is 0. The maximum Gasteiger partial charge on any atom is 0.338 e. The van der Waals surface area contributed by atoms with Crippen LogP contribution in [0.4, 0.5) is 0 Å². The van der Waals surface area contributed by atoms with Crippen LogP contribution in [0.1, 0.15) is 0 Å². The fourth-order valence-corrected chi connectivity index (χ4v) is 0.115. The molecule has 0 saturated heterocycles. The molecule has 44 valence electrons. The van der Waals surface area contributed by atoms with Crippen molar-refractivity contribution < 1.29 is 9.90 Å². The maximum absolute atomic E-state index is 9.82. The molecule has 0 aliphatic heterocycles. The highest BCUT2D eigenvalue weighted by atomic mass is 16.4. The number of nitrogens with two attached hydrogens (primary N) is 1. The lowest BCUT2D eigenvalue weighted by atomic mass is 10.3. The SMILES string of the molecule is C=C(C(=N)N)C(=O)O. The third-order valence-electron chi connectivity index (χ3n) is 0.583. The van der Waals surface area contributed by atoms with Gasteiger partial charge in [-0.2, -0.15) is 0 Å². The fourth-order valence-electron chi connectivity index (χ4n) is 0.115. The molecule has 0 aliphatic carbocycles. The van der Waals surface area contributed by atoms with Crippen molar-refractivity contribution in [2.45, 2.75) is 0 Å². The molecule has 0 rings (SSSR count). The van der Waals surface area contributed by atoms with E-state index in [9.17, 15) is 4.79 Å². The summed E-state index contributed by atoms with van der Waals surface area (Å²) in [5.74, 6) is -1.75. The van der Waals surface area contributed by atoms with Crippen molar-refractivity contribution >= 4 is 11.8 Å². The first-order chi connectivity index (χ1) is 3.55. The highest BCUT2D eigenvalue weighted by Crippen LogP contribution is 1.84. The van der Waals surface area contributed by atoms with Crippen LogP contribution in [-0.4, -0.2) is 16.9 Å². The molecule has 8 heavy (non-hydrogen) atoms. The number of carboxylic acids is 1. The van der Waals surface area contributed by atoms with Crippen LogP contribution in [-0.2, 0) is 4.79 Å². The number of hydrogen-bond acceptors (Lipinski definition) is 2. The average molecular weight is 114 g/mol. The summed E-state index contributed by atoms with van der Waals surface area (Å²) in [4.78, 5) is 9.82. The number of carboxylic acid groups (broad SMARTS) is 1. The molecule has 0 heterocycles. The molecule has 0 aromatic heterocycles. The minimum Gasteiger partial charge on any atom is -0.478 e. The molecule has 4 heteroatoms. The summed E-state index contributed by atoms with van der Waals surface area (Å²) in [6.45, 7) is 3.00. The van der Waals surface area contributed by atoms with Gasteiger partial charge in [0.15, 0.2) is 0 Å². The molecule has 4 N–H and O–H groups in total. The van der Waals surface area contributed by atoms with Crippen molar-refractivity contribution in [3.8, 4) is 0 Å². The third kappa shape index (κ3) is 1.42. The minimum atomic E-state index is -1.25. The Morgan fingerprint density at radius 1 is 1.75 bits per heavy atom. The van der Waals surface area contributed by atoms with Gasteiger partial charge >= 0.3 is 5.97 Å². The zero-order valence-electron chi connectivity index (χ0n) is 4.14. The first-order valence-electron chi connectivity index (χ1n) is 1.82.